The fourth-order valence-corrected chi connectivity index (χ4v) is 2.72. The number of anilines is 1. The minimum Gasteiger partial charge on any atom is -0.291 e. The summed E-state index contributed by atoms with van der Waals surface area (Å²) in [6.45, 7) is 0. The van der Waals surface area contributed by atoms with E-state index in [0.717, 1.165) is 0 Å². The van der Waals surface area contributed by atoms with Crippen LogP contribution in [0.4, 0.5) is 5.69 Å². The van der Waals surface area contributed by atoms with Crippen LogP contribution in [0.15, 0.2) is 37.1 Å². The third-order valence-corrected chi connectivity index (χ3v) is 3.84. The highest BCUT2D eigenvalue weighted by Crippen LogP contribution is 2.11. The molecule has 0 saturated heterocycles. The van der Waals surface area contributed by atoms with Crippen LogP contribution in [-0.4, -0.2) is 34.6 Å². The SMILES string of the molecule is O=S(=O)(CCCl)Nc1ccc(-n2ccnc2)nc1. The Morgan fingerprint density at radius 2 is 2.22 bits per heavy atom. The van der Waals surface area contributed by atoms with Crippen molar-refractivity contribution in [1.29, 1.82) is 0 Å². The van der Waals surface area contributed by atoms with Gasteiger partial charge in [0, 0.05) is 18.3 Å². The second-order valence-electron chi connectivity index (χ2n) is 3.48. The topological polar surface area (TPSA) is 76.9 Å². The lowest BCUT2D eigenvalue weighted by Gasteiger charge is -2.07. The molecule has 0 unspecified atom stereocenters. The van der Waals surface area contributed by atoms with Crippen molar-refractivity contribution in [3.63, 3.8) is 0 Å². The van der Waals surface area contributed by atoms with E-state index in [2.05, 4.69) is 14.7 Å². The van der Waals surface area contributed by atoms with E-state index in [1.54, 1.807) is 35.4 Å². The molecule has 0 radical (unpaired) electrons. The number of nitrogens with one attached hydrogen (secondary N) is 1. The third-order valence-electron chi connectivity index (χ3n) is 2.14. The van der Waals surface area contributed by atoms with Crippen molar-refractivity contribution in [1.82, 2.24) is 14.5 Å². The van der Waals surface area contributed by atoms with Crippen LogP contribution in [0.5, 0.6) is 0 Å². The number of hydrogen-bond acceptors (Lipinski definition) is 4. The Labute approximate surface area is 110 Å². The van der Waals surface area contributed by atoms with E-state index in [-0.39, 0.29) is 11.6 Å². The normalized spacial score (nSPS) is 11.4. The van der Waals surface area contributed by atoms with E-state index in [0.29, 0.717) is 11.5 Å². The van der Waals surface area contributed by atoms with Crippen LogP contribution in [0.2, 0.25) is 0 Å². The highest BCUT2D eigenvalue weighted by atomic mass is 35.5. The van der Waals surface area contributed by atoms with Gasteiger partial charge in [0.05, 0.1) is 17.6 Å². The number of aromatic nitrogens is 3. The van der Waals surface area contributed by atoms with Gasteiger partial charge in [-0.15, -0.1) is 11.6 Å². The molecule has 0 spiro atoms. The lowest BCUT2D eigenvalue weighted by Crippen LogP contribution is -2.17. The first-order valence-corrected chi connectivity index (χ1v) is 7.30. The van der Waals surface area contributed by atoms with Gasteiger partial charge in [0.2, 0.25) is 10.0 Å². The maximum atomic E-state index is 11.5. The van der Waals surface area contributed by atoms with Crippen molar-refractivity contribution in [2.45, 2.75) is 0 Å². The van der Waals surface area contributed by atoms with Crippen LogP contribution in [-0.2, 0) is 10.0 Å². The lowest BCUT2D eigenvalue weighted by molar-refractivity contribution is 0.602. The zero-order valence-corrected chi connectivity index (χ0v) is 10.9. The summed E-state index contributed by atoms with van der Waals surface area (Å²) >= 11 is 5.40. The van der Waals surface area contributed by atoms with Gasteiger partial charge in [-0.3, -0.25) is 9.29 Å². The summed E-state index contributed by atoms with van der Waals surface area (Å²) in [5, 5.41) is 0. The van der Waals surface area contributed by atoms with Crippen LogP contribution in [0, 0.1) is 0 Å². The molecule has 0 aliphatic heterocycles. The molecular weight excluding hydrogens is 276 g/mol. The molecule has 0 bridgehead atoms. The molecule has 2 aromatic heterocycles. The van der Waals surface area contributed by atoms with Gasteiger partial charge >= 0.3 is 0 Å². The Morgan fingerprint density at radius 1 is 1.39 bits per heavy atom. The molecule has 0 saturated carbocycles. The molecule has 6 nitrogen and oxygen atoms in total. The quantitative estimate of drug-likeness (QED) is 0.839. The van der Waals surface area contributed by atoms with E-state index >= 15 is 0 Å². The Bertz CT molecular complexity index is 595. The molecule has 18 heavy (non-hydrogen) atoms. The van der Waals surface area contributed by atoms with Crippen molar-refractivity contribution in [3.8, 4) is 5.82 Å². The first-order chi connectivity index (χ1) is 8.61. The average Bonchev–Trinajstić information content (AvgIpc) is 2.82. The second kappa shape index (κ2) is 5.36. The number of hydrogen-bond donors (Lipinski definition) is 1. The molecule has 8 heteroatoms. The number of nitrogens with zero attached hydrogens (tertiary/aromatic N) is 3. The molecule has 2 aromatic rings. The van der Waals surface area contributed by atoms with Crippen molar-refractivity contribution >= 4 is 27.3 Å². The van der Waals surface area contributed by atoms with Gasteiger partial charge in [0.15, 0.2) is 0 Å². The lowest BCUT2D eigenvalue weighted by atomic mass is 10.4. The molecule has 0 aliphatic carbocycles. The smallest absolute Gasteiger partial charge is 0.233 e. The van der Waals surface area contributed by atoms with Crippen LogP contribution < -0.4 is 4.72 Å². The van der Waals surface area contributed by atoms with Crippen LogP contribution >= 0.6 is 11.6 Å². The molecule has 2 rings (SSSR count). The maximum Gasteiger partial charge on any atom is 0.233 e. The molecule has 0 aliphatic rings. The van der Waals surface area contributed by atoms with Crippen molar-refractivity contribution in [2.24, 2.45) is 0 Å². The highest BCUT2D eigenvalue weighted by Gasteiger charge is 2.09. The average molecular weight is 287 g/mol. The van der Waals surface area contributed by atoms with E-state index in [4.69, 9.17) is 11.6 Å². The monoisotopic (exact) mass is 286 g/mol. The van der Waals surface area contributed by atoms with E-state index in [9.17, 15) is 8.42 Å². The molecule has 96 valence electrons. The second-order valence-corrected chi connectivity index (χ2v) is 5.70. The highest BCUT2D eigenvalue weighted by molar-refractivity contribution is 7.92. The Hall–Kier alpha value is -1.60. The molecule has 0 aromatic carbocycles. The summed E-state index contributed by atoms with van der Waals surface area (Å²) in [5.74, 6) is 0.584. The fourth-order valence-electron chi connectivity index (χ4n) is 1.33. The zero-order chi connectivity index (χ0) is 13.0. The Balaban J connectivity index is 2.14. The van der Waals surface area contributed by atoms with Gasteiger partial charge in [-0.25, -0.2) is 18.4 Å². The predicted octanol–water partition coefficient (Wildman–Crippen LogP) is 1.25. The van der Waals surface area contributed by atoms with Gasteiger partial charge in [-0.2, -0.15) is 0 Å². The van der Waals surface area contributed by atoms with Gasteiger partial charge in [-0.05, 0) is 12.1 Å². The predicted molar refractivity (Wildman–Crippen MR) is 69.5 cm³/mol. The number of imidazole rings is 1. The molecule has 1 N–H and O–H groups in total. The summed E-state index contributed by atoms with van der Waals surface area (Å²) in [6, 6.07) is 3.33. The van der Waals surface area contributed by atoms with E-state index < -0.39 is 10.0 Å². The third kappa shape index (κ3) is 3.21. The first-order valence-electron chi connectivity index (χ1n) is 5.11. The van der Waals surface area contributed by atoms with E-state index in [1.165, 1.54) is 6.20 Å². The van der Waals surface area contributed by atoms with Crippen molar-refractivity contribution in [3.05, 3.63) is 37.1 Å². The minimum atomic E-state index is -3.39. The number of alkyl halides is 1. The number of rotatable bonds is 5. The molecule has 0 amide bonds. The number of pyridine rings is 1. The standard InChI is InChI=1S/C10H11ClN4O2S/c11-3-6-18(16,17)14-9-1-2-10(13-7-9)15-5-4-12-8-15/h1-2,4-5,7-8,14H,3,6H2. The first kappa shape index (κ1) is 12.8. The maximum absolute atomic E-state index is 11.5. The van der Waals surface area contributed by atoms with Crippen LogP contribution in [0.1, 0.15) is 0 Å². The van der Waals surface area contributed by atoms with Crippen molar-refractivity contribution < 1.29 is 8.42 Å². The summed E-state index contributed by atoms with van der Waals surface area (Å²) in [4.78, 5) is 8.03. The fraction of sp³-hybridized carbons (Fsp3) is 0.200. The summed E-state index contributed by atoms with van der Waals surface area (Å²) in [7, 11) is -3.39. The number of sulfonamides is 1. The van der Waals surface area contributed by atoms with Gasteiger partial charge < -0.3 is 0 Å². The Kier molecular flexibility index (Phi) is 3.83. The van der Waals surface area contributed by atoms with Crippen LogP contribution in [0.25, 0.3) is 5.82 Å². The van der Waals surface area contributed by atoms with Gasteiger partial charge in [-0.1, -0.05) is 0 Å². The summed E-state index contributed by atoms with van der Waals surface area (Å²) in [6.07, 6.45) is 6.44. The van der Waals surface area contributed by atoms with E-state index in [1.807, 2.05) is 0 Å². The minimum absolute atomic E-state index is 0.0515. The summed E-state index contributed by atoms with van der Waals surface area (Å²) < 4.78 is 27.1. The largest absolute Gasteiger partial charge is 0.291 e. The van der Waals surface area contributed by atoms with Gasteiger partial charge in [0.25, 0.3) is 0 Å². The Morgan fingerprint density at radius 3 is 2.78 bits per heavy atom. The molecule has 0 atom stereocenters. The molecule has 2 heterocycles. The summed E-state index contributed by atoms with van der Waals surface area (Å²) in [5.41, 5.74) is 0.406. The molecular formula is C10H11ClN4O2S. The number of halogens is 1. The van der Waals surface area contributed by atoms with Gasteiger partial charge in [0.1, 0.15) is 12.1 Å². The zero-order valence-electron chi connectivity index (χ0n) is 9.32. The van der Waals surface area contributed by atoms with Crippen LogP contribution in [0.3, 0.4) is 0 Å². The van der Waals surface area contributed by atoms with Crippen molar-refractivity contribution in [2.75, 3.05) is 16.4 Å². The molecule has 0 fully saturated rings.